The van der Waals surface area contributed by atoms with Gasteiger partial charge in [0.1, 0.15) is 4.34 Å². The highest BCUT2D eigenvalue weighted by molar-refractivity contribution is 7.90. The molecule has 0 amide bonds. The number of rotatable bonds is 5. The number of aryl methyl sites for hydroxylation is 1. The van der Waals surface area contributed by atoms with Gasteiger partial charge in [-0.25, -0.2) is 8.96 Å². The van der Waals surface area contributed by atoms with Crippen molar-refractivity contribution < 1.29 is 8.42 Å². The van der Waals surface area contributed by atoms with E-state index in [4.69, 9.17) is 28.9 Å². The molecule has 0 bridgehead atoms. The fourth-order valence-electron chi connectivity index (χ4n) is 3.01. The molecular weight excluding hydrogens is 415 g/mol. The lowest BCUT2D eigenvalue weighted by Crippen LogP contribution is -2.14. The lowest BCUT2D eigenvalue weighted by atomic mass is 10.1. The highest BCUT2D eigenvalue weighted by Gasteiger charge is 2.29. The summed E-state index contributed by atoms with van der Waals surface area (Å²) in [5.41, 5.74) is 7.12. The van der Waals surface area contributed by atoms with Gasteiger partial charge in [-0.1, -0.05) is 52.7 Å². The Morgan fingerprint density at radius 3 is 2.73 bits per heavy atom. The molecule has 6 nitrogen and oxygen atoms in total. The standard InChI is InChI=1S/C16H14Cl2N4O2S2/c17-13-9-21-15(14(18)20-16(21)25-13)26(23,24)22-8-10(4-3-7-19)11-5-1-2-6-12(11)22/h1-2,5-6,8-9H,3-4,7,19H2. The van der Waals surface area contributed by atoms with Gasteiger partial charge in [-0.2, -0.15) is 8.42 Å². The van der Waals surface area contributed by atoms with Crippen LogP contribution in [0.5, 0.6) is 0 Å². The molecule has 0 saturated carbocycles. The smallest absolute Gasteiger partial charge is 0.287 e. The minimum atomic E-state index is -3.97. The monoisotopic (exact) mass is 428 g/mol. The van der Waals surface area contributed by atoms with E-state index in [1.165, 1.54) is 14.6 Å². The minimum Gasteiger partial charge on any atom is -0.330 e. The number of nitrogens with zero attached hydrogens (tertiary/aromatic N) is 3. The summed E-state index contributed by atoms with van der Waals surface area (Å²) in [6, 6.07) is 7.36. The zero-order valence-corrected chi connectivity index (χ0v) is 16.5. The van der Waals surface area contributed by atoms with Crippen molar-refractivity contribution >= 4 is 60.4 Å². The van der Waals surface area contributed by atoms with Crippen LogP contribution in [0.25, 0.3) is 15.9 Å². The van der Waals surface area contributed by atoms with E-state index in [-0.39, 0.29) is 10.2 Å². The Morgan fingerprint density at radius 2 is 1.96 bits per heavy atom. The molecule has 0 unspecified atom stereocenters. The van der Waals surface area contributed by atoms with Crippen LogP contribution in [0.15, 0.2) is 41.7 Å². The molecule has 0 saturated heterocycles. The fourth-order valence-corrected chi connectivity index (χ4v) is 6.11. The summed E-state index contributed by atoms with van der Waals surface area (Å²) in [6.07, 6.45) is 4.61. The van der Waals surface area contributed by atoms with E-state index < -0.39 is 10.0 Å². The summed E-state index contributed by atoms with van der Waals surface area (Å²) in [5, 5.41) is 0.711. The average Bonchev–Trinajstić information content (AvgIpc) is 3.22. The van der Waals surface area contributed by atoms with Gasteiger partial charge in [0.15, 0.2) is 10.1 Å². The van der Waals surface area contributed by atoms with Crippen molar-refractivity contribution in [3.05, 3.63) is 51.7 Å². The van der Waals surface area contributed by atoms with Crippen molar-refractivity contribution in [2.75, 3.05) is 6.54 Å². The zero-order chi connectivity index (χ0) is 18.5. The third-order valence-electron chi connectivity index (χ3n) is 4.13. The Labute approximate surface area is 163 Å². The number of fused-ring (bicyclic) bond motifs is 2. The lowest BCUT2D eigenvalue weighted by molar-refractivity contribution is 0.584. The molecule has 26 heavy (non-hydrogen) atoms. The van der Waals surface area contributed by atoms with Crippen LogP contribution in [0.4, 0.5) is 0 Å². The number of hydrogen-bond acceptors (Lipinski definition) is 5. The third-order valence-corrected chi connectivity index (χ3v) is 7.30. The predicted octanol–water partition coefficient (Wildman–Crippen LogP) is 3.79. The van der Waals surface area contributed by atoms with Crippen LogP contribution in [-0.2, 0) is 16.4 Å². The molecule has 136 valence electrons. The van der Waals surface area contributed by atoms with Crippen LogP contribution < -0.4 is 5.73 Å². The van der Waals surface area contributed by atoms with Crippen LogP contribution in [-0.4, -0.2) is 28.3 Å². The number of thiazole rings is 1. The van der Waals surface area contributed by atoms with Crippen LogP contribution in [0.3, 0.4) is 0 Å². The molecule has 3 aromatic heterocycles. The van der Waals surface area contributed by atoms with Crippen LogP contribution in [0.1, 0.15) is 12.0 Å². The number of benzene rings is 1. The first-order valence-electron chi connectivity index (χ1n) is 7.81. The largest absolute Gasteiger partial charge is 0.330 e. The molecular formula is C16H14Cl2N4O2S2. The van der Waals surface area contributed by atoms with Crippen LogP contribution >= 0.6 is 34.5 Å². The summed E-state index contributed by atoms with van der Waals surface area (Å²) in [7, 11) is -3.97. The highest BCUT2D eigenvalue weighted by atomic mass is 35.5. The molecule has 0 spiro atoms. The van der Waals surface area contributed by atoms with E-state index in [2.05, 4.69) is 4.98 Å². The summed E-state index contributed by atoms with van der Waals surface area (Å²) in [5.74, 6) is 0. The maximum Gasteiger partial charge on any atom is 0.287 e. The summed E-state index contributed by atoms with van der Waals surface area (Å²) in [6.45, 7) is 0.536. The number of aromatic nitrogens is 3. The quantitative estimate of drug-likeness (QED) is 0.524. The summed E-state index contributed by atoms with van der Waals surface area (Å²) in [4.78, 5) is 4.54. The molecule has 0 aliphatic rings. The van der Waals surface area contributed by atoms with Crippen LogP contribution in [0.2, 0.25) is 9.49 Å². The van der Waals surface area contributed by atoms with Gasteiger partial charge in [0.25, 0.3) is 10.0 Å². The van der Waals surface area contributed by atoms with E-state index >= 15 is 0 Å². The van der Waals surface area contributed by atoms with Crippen molar-refractivity contribution in [1.29, 1.82) is 0 Å². The second-order valence-corrected chi connectivity index (χ2v) is 9.49. The molecule has 0 aliphatic heterocycles. The van der Waals surface area contributed by atoms with Gasteiger partial charge in [-0.05, 0) is 31.0 Å². The maximum atomic E-state index is 13.4. The van der Waals surface area contributed by atoms with E-state index in [0.717, 1.165) is 28.7 Å². The Hall–Kier alpha value is -1.58. The lowest BCUT2D eigenvalue weighted by Gasteiger charge is -2.07. The molecule has 0 radical (unpaired) electrons. The van der Waals surface area contributed by atoms with E-state index in [9.17, 15) is 8.42 Å². The maximum absolute atomic E-state index is 13.4. The van der Waals surface area contributed by atoms with Crippen LogP contribution in [0, 0.1) is 0 Å². The minimum absolute atomic E-state index is 0.0748. The van der Waals surface area contributed by atoms with E-state index in [0.29, 0.717) is 27.8 Å². The highest BCUT2D eigenvalue weighted by Crippen LogP contribution is 2.33. The number of imidazole rings is 1. The molecule has 0 atom stereocenters. The number of halogens is 2. The molecule has 2 N–H and O–H groups in total. The first kappa shape index (κ1) is 17.8. The average molecular weight is 429 g/mol. The van der Waals surface area contributed by atoms with Gasteiger partial charge < -0.3 is 5.73 Å². The molecule has 4 aromatic rings. The Kier molecular flexibility index (Phi) is 4.48. The zero-order valence-electron chi connectivity index (χ0n) is 13.4. The SMILES string of the molecule is NCCCc1cn(S(=O)(=O)c2c(Cl)nc3sc(Cl)cn23)c2ccccc12. The third kappa shape index (κ3) is 2.73. The first-order chi connectivity index (χ1) is 12.4. The number of para-hydroxylation sites is 1. The van der Waals surface area contributed by atoms with Crippen molar-refractivity contribution in [2.45, 2.75) is 17.9 Å². The van der Waals surface area contributed by atoms with Gasteiger partial charge in [-0.3, -0.25) is 4.40 Å². The Morgan fingerprint density at radius 1 is 1.19 bits per heavy atom. The molecule has 3 heterocycles. The number of nitrogens with two attached hydrogens (primary N) is 1. The summed E-state index contributed by atoms with van der Waals surface area (Å²) < 4.78 is 29.9. The molecule has 1 aromatic carbocycles. The van der Waals surface area contributed by atoms with Gasteiger partial charge in [0.2, 0.25) is 5.03 Å². The number of hydrogen-bond donors (Lipinski definition) is 1. The molecule has 4 rings (SSSR count). The van der Waals surface area contributed by atoms with E-state index in [1.807, 2.05) is 12.1 Å². The topological polar surface area (TPSA) is 82.4 Å². The Bertz CT molecular complexity index is 1220. The second kappa shape index (κ2) is 6.54. The van der Waals surface area contributed by atoms with Gasteiger partial charge in [0, 0.05) is 17.8 Å². The Balaban J connectivity index is 1.97. The van der Waals surface area contributed by atoms with E-state index in [1.54, 1.807) is 18.3 Å². The second-order valence-electron chi connectivity index (χ2n) is 5.76. The van der Waals surface area contributed by atoms with Crippen molar-refractivity contribution in [3.8, 4) is 0 Å². The van der Waals surface area contributed by atoms with Crippen molar-refractivity contribution in [1.82, 2.24) is 13.4 Å². The molecule has 0 aliphatic carbocycles. The normalized spacial score (nSPS) is 12.4. The predicted molar refractivity (Wildman–Crippen MR) is 105 cm³/mol. The van der Waals surface area contributed by atoms with Crippen molar-refractivity contribution in [3.63, 3.8) is 0 Å². The van der Waals surface area contributed by atoms with Crippen molar-refractivity contribution in [2.24, 2.45) is 5.73 Å². The fraction of sp³-hybridized carbons (Fsp3) is 0.188. The first-order valence-corrected chi connectivity index (χ1v) is 10.8. The van der Waals surface area contributed by atoms with Gasteiger partial charge in [0.05, 0.1) is 5.52 Å². The summed E-state index contributed by atoms with van der Waals surface area (Å²) >= 11 is 13.3. The van der Waals surface area contributed by atoms with Gasteiger partial charge in [-0.15, -0.1) is 0 Å². The molecule has 0 fully saturated rings. The van der Waals surface area contributed by atoms with Gasteiger partial charge >= 0.3 is 0 Å². The molecule has 10 heteroatoms.